The molecule has 0 spiro atoms. The molecule has 0 unspecified atom stereocenters. The predicted molar refractivity (Wildman–Crippen MR) is 97.9 cm³/mol. The molecule has 0 aromatic carbocycles. The van der Waals surface area contributed by atoms with Gasteiger partial charge in [0.05, 0.1) is 18.1 Å². The van der Waals surface area contributed by atoms with Crippen molar-refractivity contribution in [2.45, 2.75) is 38.3 Å². The number of nitrogens with zero attached hydrogens (tertiary/aromatic N) is 2. The molecule has 0 bridgehead atoms. The maximum atomic E-state index is 12.7. The first kappa shape index (κ1) is 18.4. The number of thiophene rings is 1. The summed E-state index contributed by atoms with van der Waals surface area (Å²) in [4.78, 5) is 30.1. The van der Waals surface area contributed by atoms with Gasteiger partial charge in [0.2, 0.25) is 5.91 Å². The number of carbonyl (C=O) groups excluding carboxylic acids is 2. The van der Waals surface area contributed by atoms with E-state index in [1.165, 1.54) is 11.3 Å². The van der Waals surface area contributed by atoms with Crippen LogP contribution in [0.15, 0.2) is 17.5 Å². The van der Waals surface area contributed by atoms with Crippen LogP contribution in [0.5, 0.6) is 0 Å². The van der Waals surface area contributed by atoms with Gasteiger partial charge in [-0.1, -0.05) is 6.07 Å². The molecule has 138 valence electrons. The SMILES string of the molecule is CC(C)(CNC(=O)[C@@H]1CCCN1C(=O)c1cccs1)N1CCOCC1. The lowest BCUT2D eigenvalue weighted by atomic mass is 10.0. The monoisotopic (exact) mass is 365 g/mol. The van der Waals surface area contributed by atoms with Gasteiger partial charge in [0.1, 0.15) is 6.04 Å². The van der Waals surface area contributed by atoms with E-state index >= 15 is 0 Å². The van der Waals surface area contributed by atoms with Crippen molar-refractivity contribution in [3.8, 4) is 0 Å². The number of nitrogens with one attached hydrogen (secondary N) is 1. The third-order valence-electron chi connectivity index (χ3n) is 5.11. The van der Waals surface area contributed by atoms with Crippen LogP contribution in [0, 0.1) is 0 Å². The second-order valence-electron chi connectivity index (χ2n) is 7.26. The van der Waals surface area contributed by atoms with Gasteiger partial charge in [-0.2, -0.15) is 0 Å². The molecule has 0 radical (unpaired) electrons. The van der Waals surface area contributed by atoms with E-state index < -0.39 is 0 Å². The number of likely N-dealkylation sites (tertiary alicyclic amines) is 1. The van der Waals surface area contributed by atoms with Crippen LogP contribution in [0.1, 0.15) is 36.4 Å². The molecule has 1 aromatic rings. The first-order chi connectivity index (χ1) is 12.0. The van der Waals surface area contributed by atoms with Gasteiger partial charge in [0.15, 0.2) is 0 Å². The molecule has 7 heteroatoms. The summed E-state index contributed by atoms with van der Waals surface area (Å²) in [5.41, 5.74) is -0.124. The Hall–Kier alpha value is -1.44. The molecule has 2 aliphatic heterocycles. The second kappa shape index (κ2) is 7.85. The highest BCUT2D eigenvalue weighted by Crippen LogP contribution is 2.23. The molecule has 0 saturated carbocycles. The van der Waals surface area contributed by atoms with Crippen molar-refractivity contribution in [1.29, 1.82) is 0 Å². The summed E-state index contributed by atoms with van der Waals surface area (Å²) in [6, 6.07) is 3.34. The average Bonchev–Trinajstić information content (AvgIpc) is 3.31. The Morgan fingerprint density at radius 2 is 2.08 bits per heavy atom. The largest absolute Gasteiger partial charge is 0.379 e. The highest BCUT2D eigenvalue weighted by Gasteiger charge is 2.36. The Bertz CT molecular complexity index is 597. The fourth-order valence-corrected chi connectivity index (χ4v) is 4.20. The second-order valence-corrected chi connectivity index (χ2v) is 8.21. The quantitative estimate of drug-likeness (QED) is 0.861. The molecule has 3 rings (SSSR count). The maximum Gasteiger partial charge on any atom is 0.264 e. The van der Waals surface area contributed by atoms with Crippen molar-refractivity contribution in [1.82, 2.24) is 15.1 Å². The topological polar surface area (TPSA) is 61.9 Å². The van der Waals surface area contributed by atoms with Gasteiger partial charge in [-0.25, -0.2) is 0 Å². The zero-order valence-electron chi connectivity index (χ0n) is 15.0. The molecular formula is C18H27N3O3S. The number of amides is 2. The first-order valence-electron chi connectivity index (χ1n) is 8.94. The molecule has 0 aliphatic carbocycles. The standard InChI is InChI=1S/C18H27N3O3S/c1-18(2,20-8-10-24-11-9-20)13-19-16(22)14-5-3-7-21(14)17(23)15-6-4-12-25-15/h4,6,12,14H,3,5,7-11,13H2,1-2H3,(H,19,22)/t14-/m0/s1. The Morgan fingerprint density at radius 3 is 2.76 bits per heavy atom. The van der Waals surface area contributed by atoms with Crippen LogP contribution in [-0.4, -0.2) is 72.6 Å². The molecule has 6 nitrogen and oxygen atoms in total. The Labute approximate surface area is 153 Å². The van der Waals surface area contributed by atoms with Crippen LogP contribution < -0.4 is 5.32 Å². The summed E-state index contributed by atoms with van der Waals surface area (Å²) in [5.74, 6) is -0.0659. The summed E-state index contributed by atoms with van der Waals surface area (Å²) in [6.07, 6.45) is 1.61. The lowest BCUT2D eigenvalue weighted by molar-refractivity contribution is -0.125. The van der Waals surface area contributed by atoms with E-state index in [0.29, 0.717) is 18.0 Å². The molecule has 1 atom stereocenters. The fourth-order valence-electron chi connectivity index (χ4n) is 3.53. The van der Waals surface area contributed by atoms with Gasteiger partial charge in [-0.15, -0.1) is 11.3 Å². The number of hydrogen-bond acceptors (Lipinski definition) is 5. The Kier molecular flexibility index (Phi) is 5.76. The van der Waals surface area contributed by atoms with E-state index in [0.717, 1.165) is 39.1 Å². The van der Waals surface area contributed by atoms with Gasteiger partial charge in [0.25, 0.3) is 5.91 Å². The molecule has 2 fully saturated rings. The minimum Gasteiger partial charge on any atom is -0.379 e. The lowest BCUT2D eigenvalue weighted by Gasteiger charge is -2.41. The van der Waals surface area contributed by atoms with Crippen molar-refractivity contribution in [2.24, 2.45) is 0 Å². The minimum absolute atomic E-state index is 0.0277. The lowest BCUT2D eigenvalue weighted by Crippen LogP contribution is -2.57. The fraction of sp³-hybridized carbons (Fsp3) is 0.667. The van der Waals surface area contributed by atoms with E-state index in [2.05, 4.69) is 24.1 Å². The zero-order chi connectivity index (χ0) is 17.9. The van der Waals surface area contributed by atoms with Gasteiger partial charge in [-0.3, -0.25) is 14.5 Å². The number of morpholine rings is 1. The molecule has 3 heterocycles. The van der Waals surface area contributed by atoms with Crippen molar-refractivity contribution in [2.75, 3.05) is 39.4 Å². The van der Waals surface area contributed by atoms with E-state index in [-0.39, 0.29) is 23.4 Å². The molecule has 2 saturated heterocycles. The molecule has 1 N–H and O–H groups in total. The van der Waals surface area contributed by atoms with Gasteiger partial charge in [-0.05, 0) is 38.1 Å². The average molecular weight is 365 g/mol. The highest BCUT2D eigenvalue weighted by molar-refractivity contribution is 7.12. The number of hydrogen-bond donors (Lipinski definition) is 1. The van der Waals surface area contributed by atoms with Crippen LogP contribution in [-0.2, 0) is 9.53 Å². The van der Waals surface area contributed by atoms with E-state index in [1.807, 2.05) is 17.5 Å². The smallest absolute Gasteiger partial charge is 0.264 e. The number of carbonyl (C=O) groups is 2. The Balaban J connectivity index is 1.57. The third-order valence-corrected chi connectivity index (χ3v) is 5.97. The molecule has 2 aliphatic rings. The predicted octanol–water partition coefficient (Wildman–Crippen LogP) is 1.58. The summed E-state index contributed by atoms with van der Waals surface area (Å²) in [7, 11) is 0. The van der Waals surface area contributed by atoms with Crippen LogP contribution in [0.2, 0.25) is 0 Å². The summed E-state index contributed by atoms with van der Waals surface area (Å²) in [6.45, 7) is 8.76. The third kappa shape index (κ3) is 4.22. The molecular weight excluding hydrogens is 338 g/mol. The molecule has 2 amide bonds. The van der Waals surface area contributed by atoms with Crippen LogP contribution in [0.4, 0.5) is 0 Å². The van der Waals surface area contributed by atoms with E-state index in [1.54, 1.807) is 4.90 Å². The van der Waals surface area contributed by atoms with Crippen LogP contribution >= 0.6 is 11.3 Å². The number of ether oxygens (including phenoxy) is 1. The normalized spacial score (nSPS) is 22.2. The van der Waals surface area contributed by atoms with Crippen molar-refractivity contribution < 1.29 is 14.3 Å². The van der Waals surface area contributed by atoms with Crippen molar-refractivity contribution in [3.63, 3.8) is 0 Å². The van der Waals surface area contributed by atoms with Gasteiger partial charge >= 0.3 is 0 Å². The van der Waals surface area contributed by atoms with E-state index in [4.69, 9.17) is 4.74 Å². The van der Waals surface area contributed by atoms with Gasteiger partial charge in [0, 0.05) is 31.7 Å². The van der Waals surface area contributed by atoms with Gasteiger partial charge < -0.3 is 15.0 Å². The van der Waals surface area contributed by atoms with Crippen molar-refractivity contribution >= 4 is 23.2 Å². The van der Waals surface area contributed by atoms with E-state index in [9.17, 15) is 9.59 Å². The Morgan fingerprint density at radius 1 is 1.32 bits per heavy atom. The zero-order valence-corrected chi connectivity index (χ0v) is 15.8. The summed E-state index contributed by atoms with van der Waals surface area (Å²) >= 11 is 1.43. The summed E-state index contributed by atoms with van der Waals surface area (Å²) in [5, 5.41) is 4.97. The minimum atomic E-state index is -0.352. The number of rotatable bonds is 5. The summed E-state index contributed by atoms with van der Waals surface area (Å²) < 4.78 is 5.41. The maximum absolute atomic E-state index is 12.7. The molecule has 25 heavy (non-hydrogen) atoms. The molecule has 1 aromatic heterocycles. The highest BCUT2D eigenvalue weighted by atomic mass is 32.1. The van der Waals surface area contributed by atoms with Crippen molar-refractivity contribution in [3.05, 3.63) is 22.4 Å². The van der Waals surface area contributed by atoms with Crippen LogP contribution in [0.3, 0.4) is 0 Å². The van der Waals surface area contributed by atoms with Crippen LogP contribution in [0.25, 0.3) is 0 Å². The first-order valence-corrected chi connectivity index (χ1v) is 9.82.